The smallest absolute Gasteiger partial charge is 0.275 e. The maximum absolute atomic E-state index is 13.3. The molecule has 1 aromatic rings. The molecule has 0 radical (unpaired) electrons. The van der Waals surface area contributed by atoms with E-state index >= 15 is 0 Å². The highest BCUT2D eigenvalue weighted by atomic mass is 19.1. The van der Waals surface area contributed by atoms with Crippen LogP contribution in [0.5, 0.6) is 5.75 Å². The lowest BCUT2D eigenvalue weighted by Crippen LogP contribution is -2.34. The minimum Gasteiger partial charge on any atom is -0.496 e. The van der Waals surface area contributed by atoms with Crippen molar-refractivity contribution in [3.8, 4) is 5.75 Å². The zero-order chi connectivity index (χ0) is 14.9. The van der Waals surface area contributed by atoms with Crippen molar-refractivity contribution in [1.29, 1.82) is 0 Å². The topological polar surface area (TPSA) is 50.7 Å². The van der Waals surface area contributed by atoms with Crippen LogP contribution in [0.4, 0.5) is 4.39 Å². The molecule has 1 aliphatic rings. The third kappa shape index (κ3) is 2.87. The molecule has 20 heavy (non-hydrogen) atoms. The van der Waals surface area contributed by atoms with E-state index in [-0.39, 0.29) is 17.0 Å². The highest BCUT2D eigenvalue weighted by Gasteiger charge is 2.28. The Hall–Kier alpha value is -2.17. The average molecular weight is 276 g/mol. The van der Waals surface area contributed by atoms with Crippen LogP contribution in [0.1, 0.15) is 26.3 Å². The molecule has 1 amide bonds. The number of halogens is 1. The molecule has 5 heteroatoms. The van der Waals surface area contributed by atoms with Gasteiger partial charge in [-0.2, -0.15) is 0 Å². The number of benzene rings is 1. The first-order valence-electron chi connectivity index (χ1n) is 6.27. The Morgan fingerprint density at radius 3 is 2.60 bits per heavy atom. The van der Waals surface area contributed by atoms with Gasteiger partial charge in [-0.15, -0.1) is 0 Å². The van der Waals surface area contributed by atoms with Gasteiger partial charge in [0.1, 0.15) is 23.1 Å². The van der Waals surface area contributed by atoms with E-state index in [4.69, 9.17) is 4.74 Å². The van der Waals surface area contributed by atoms with E-state index in [9.17, 15) is 9.18 Å². The summed E-state index contributed by atoms with van der Waals surface area (Å²) in [6.45, 7) is 5.87. The minimum absolute atomic E-state index is 0.249. The van der Waals surface area contributed by atoms with Gasteiger partial charge in [-0.1, -0.05) is 20.8 Å². The Bertz CT molecular complexity index is 613. The van der Waals surface area contributed by atoms with Gasteiger partial charge in [0.2, 0.25) is 0 Å². The van der Waals surface area contributed by atoms with E-state index in [1.165, 1.54) is 31.4 Å². The molecule has 1 N–H and O–H groups in total. The first kappa shape index (κ1) is 14.2. The predicted molar refractivity (Wildman–Crippen MR) is 76.0 cm³/mol. The molecule has 0 spiro atoms. The van der Waals surface area contributed by atoms with Crippen molar-refractivity contribution < 1.29 is 13.9 Å². The summed E-state index contributed by atoms with van der Waals surface area (Å²) in [6, 6.07) is 4.13. The number of carbonyl (C=O) groups is 1. The number of amides is 1. The molecular weight excluding hydrogens is 259 g/mol. The number of hydrogen-bond donors (Lipinski definition) is 1. The van der Waals surface area contributed by atoms with Crippen molar-refractivity contribution in [3.05, 3.63) is 35.3 Å². The van der Waals surface area contributed by atoms with Gasteiger partial charge in [0.15, 0.2) is 0 Å². The molecule has 0 fully saturated rings. The Morgan fingerprint density at radius 2 is 2.05 bits per heavy atom. The Balaban J connectivity index is 2.43. The van der Waals surface area contributed by atoms with Crippen molar-refractivity contribution in [1.82, 2.24) is 5.32 Å². The van der Waals surface area contributed by atoms with Crippen molar-refractivity contribution in [2.75, 3.05) is 7.11 Å². The van der Waals surface area contributed by atoms with E-state index in [1.807, 2.05) is 20.8 Å². The van der Waals surface area contributed by atoms with Gasteiger partial charge in [-0.05, 0) is 24.3 Å². The van der Waals surface area contributed by atoms with E-state index < -0.39 is 5.82 Å². The van der Waals surface area contributed by atoms with Crippen molar-refractivity contribution in [2.45, 2.75) is 20.8 Å². The summed E-state index contributed by atoms with van der Waals surface area (Å²) >= 11 is 0. The van der Waals surface area contributed by atoms with E-state index in [2.05, 4.69) is 10.3 Å². The third-order valence-corrected chi connectivity index (χ3v) is 2.89. The Morgan fingerprint density at radius 1 is 1.35 bits per heavy atom. The van der Waals surface area contributed by atoms with Crippen LogP contribution in [0.3, 0.4) is 0 Å². The largest absolute Gasteiger partial charge is 0.496 e. The minimum atomic E-state index is -0.393. The molecule has 0 bridgehead atoms. The van der Waals surface area contributed by atoms with Gasteiger partial charge in [0, 0.05) is 11.0 Å². The maximum atomic E-state index is 13.3. The van der Waals surface area contributed by atoms with Crippen LogP contribution < -0.4 is 10.1 Å². The molecule has 0 atom stereocenters. The number of nitrogens with zero attached hydrogens (tertiary/aromatic N) is 1. The number of hydrogen-bond acceptors (Lipinski definition) is 3. The molecule has 0 saturated heterocycles. The summed E-state index contributed by atoms with van der Waals surface area (Å²) in [5.41, 5.74) is 0.479. The Kier molecular flexibility index (Phi) is 3.61. The highest BCUT2D eigenvalue weighted by molar-refractivity contribution is 6.15. The molecule has 0 unspecified atom stereocenters. The average Bonchev–Trinajstić information content (AvgIpc) is 2.71. The zero-order valence-corrected chi connectivity index (χ0v) is 12.0. The molecule has 1 heterocycles. The number of amidine groups is 1. The number of ether oxygens (including phenoxy) is 1. The first-order valence-corrected chi connectivity index (χ1v) is 6.27. The molecule has 1 aromatic carbocycles. The fraction of sp³-hybridized carbons (Fsp3) is 0.333. The molecule has 0 saturated carbocycles. The van der Waals surface area contributed by atoms with Crippen LogP contribution in [0.15, 0.2) is 28.9 Å². The fourth-order valence-corrected chi connectivity index (χ4v) is 1.79. The summed E-state index contributed by atoms with van der Waals surface area (Å²) in [6.07, 6.45) is 1.52. The van der Waals surface area contributed by atoms with Crippen LogP contribution in [0.2, 0.25) is 0 Å². The summed E-state index contributed by atoms with van der Waals surface area (Å²) in [4.78, 5) is 16.2. The van der Waals surface area contributed by atoms with Gasteiger partial charge in [0.25, 0.3) is 5.91 Å². The molecule has 106 valence electrons. The number of methoxy groups -OCH3 is 1. The fourth-order valence-electron chi connectivity index (χ4n) is 1.79. The number of carbonyl (C=O) groups excluding carboxylic acids is 1. The monoisotopic (exact) mass is 276 g/mol. The molecular formula is C15H17FN2O2. The lowest BCUT2D eigenvalue weighted by Gasteiger charge is -2.16. The van der Waals surface area contributed by atoms with Gasteiger partial charge in [0.05, 0.1) is 7.11 Å². The number of nitrogens with one attached hydrogen (secondary N) is 1. The standard InChI is InChI=1S/C15H17FN2O2/c1-15(2,3)14-17-11(13(19)18-14)8-9-7-10(16)5-6-12(9)20-4/h5-8H,1-4H3,(H,17,18,19)/b11-8+. The van der Waals surface area contributed by atoms with Crippen LogP contribution in [0, 0.1) is 11.2 Å². The van der Waals surface area contributed by atoms with Gasteiger partial charge < -0.3 is 10.1 Å². The molecule has 4 nitrogen and oxygen atoms in total. The van der Waals surface area contributed by atoms with Crippen molar-refractivity contribution in [3.63, 3.8) is 0 Å². The summed E-state index contributed by atoms with van der Waals surface area (Å²) < 4.78 is 18.4. The molecule has 0 aromatic heterocycles. The van der Waals surface area contributed by atoms with Crippen LogP contribution >= 0.6 is 0 Å². The molecule has 0 aliphatic carbocycles. The Labute approximate surface area is 117 Å². The van der Waals surface area contributed by atoms with Gasteiger partial charge in [-0.3, -0.25) is 4.79 Å². The van der Waals surface area contributed by atoms with E-state index in [0.717, 1.165) is 0 Å². The second-order valence-corrected chi connectivity index (χ2v) is 5.58. The first-order chi connectivity index (χ1) is 9.31. The van der Waals surface area contributed by atoms with Crippen molar-refractivity contribution in [2.24, 2.45) is 10.4 Å². The second-order valence-electron chi connectivity index (χ2n) is 5.58. The quantitative estimate of drug-likeness (QED) is 0.844. The molecule has 2 rings (SSSR count). The summed E-state index contributed by atoms with van der Waals surface area (Å²) in [5.74, 6) is 0.410. The predicted octanol–water partition coefficient (Wildman–Crippen LogP) is 2.75. The van der Waals surface area contributed by atoms with E-state index in [1.54, 1.807) is 0 Å². The van der Waals surface area contributed by atoms with Gasteiger partial charge >= 0.3 is 0 Å². The van der Waals surface area contributed by atoms with Crippen molar-refractivity contribution >= 4 is 17.8 Å². The van der Waals surface area contributed by atoms with Crippen LogP contribution in [0.25, 0.3) is 6.08 Å². The number of rotatable bonds is 2. The second kappa shape index (κ2) is 5.07. The zero-order valence-electron chi connectivity index (χ0n) is 12.0. The maximum Gasteiger partial charge on any atom is 0.275 e. The normalized spacial score (nSPS) is 17.1. The number of aliphatic imine (C=N–C) groups is 1. The van der Waals surface area contributed by atoms with Crippen LogP contribution in [-0.4, -0.2) is 18.9 Å². The molecule has 1 aliphatic heterocycles. The van der Waals surface area contributed by atoms with Crippen LogP contribution in [-0.2, 0) is 4.79 Å². The summed E-state index contributed by atoms with van der Waals surface area (Å²) in [5, 5.41) is 2.72. The SMILES string of the molecule is COc1ccc(F)cc1/C=C1/N=C(C(C)(C)C)NC1=O. The lowest BCUT2D eigenvalue weighted by atomic mass is 9.95. The van der Waals surface area contributed by atoms with E-state index in [0.29, 0.717) is 17.1 Å². The lowest BCUT2D eigenvalue weighted by molar-refractivity contribution is -0.115. The highest BCUT2D eigenvalue weighted by Crippen LogP contribution is 2.25. The summed E-state index contributed by atoms with van der Waals surface area (Å²) in [7, 11) is 1.49. The third-order valence-electron chi connectivity index (χ3n) is 2.89. The van der Waals surface area contributed by atoms with Gasteiger partial charge in [-0.25, -0.2) is 9.38 Å².